The molecule has 0 radical (unpaired) electrons. The predicted molar refractivity (Wildman–Crippen MR) is 67.6 cm³/mol. The summed E-state index contributed by atoms with van der Waals surface area (Å²) in [7, 11) is 0. The van der Waals surface area contributed by atoms with E-state index in [-0.39, 0.29) is 30.2 Å². The van der Waals surface area contributed by atoms with Crippen LogP contribution in [-0.4, -0.2) is 30.6 Å². The fourth-order valence-corrected chi connectivity index (χ4v) is 1.52. The Kier molecular flexibility index (Phi) is 8.32. The highest BCUT2D eigenvalue weighted by Gasteiger charge is 2.23. The van der Waals surface area contributed by atoms with Gasteiger partial charge in [0.05, 0.1) is 0 Å². The molecule has 4 heteroatoms. The number of nitrogens with zero attached hydrogens (tertiary/aromatic N) is 1. The summed E-state index contributed by atoms with van der Waals surface area (Å²) in [4.78, 5) is 2.48. The maximum Gasteiger partial charge on any atom is 0.0217 e. The zero-order chi connectivity index (χ0) is 9.19. The van der Waals surface area contributed by atoms with Crippen LogP contribution in [0.3, 0.4) is 0 Å². The van der Waals surface area contributed by atoms with Crippen LogP contribution in [0, 0.1) is 5.41 Å². The van der Waals surface area contributed by atoms with Gasteiger partial charge in [-0.2, -0.15) is 0 Å². The van der Waals surface area contributed by atoms with E-state index in [4.69, 9.17) is 5.73 Å². The Morgan fingerprint density at radius 1 is 1.14 bits per heavy atom. The van der Waals surface area contributed by atoms with Gasteiger partial charge < -0.3 is 10.6 Å². The Labute approximate surface area is 100 Å². The van der Waals surface area contributed by atoms with Gasteiger partial charge in [-0.25, -0.2) is 0 Å². The molecule has 2 nitrogen and oxygen atoms in total. The number of hydrogen-bond donors (Lipinski definition) is 1. The molecule has 14 heavy (non-hydrogen) atoms. The van der Waals surface area contributed by atoms with Crippen molar-refractivity contribution >= 4 is 24.8 Å². The van der Waals surface area contributed by atoms with Crippen molar-refractivity contribution in [2.45, 2.75) is 39.7 Å². The van der Waals surface area contributed by atoms with E-state index < -0.39 is 0 Å². The second-order valence-corrected chi connectivity index (χ2v) is 4.98. The maximum absolute atomic E-state index is 6.09. The summed E-state index contributed by atoms with van der Waals surface area (Å²) >= 11 is 0. The molecule has 0 aromatic carbocycles. The van der Waals surface area contributed by atoms with E-state index in [1.807, 2.05) is 0 Å². The maximum atomic E-state index is 6.09. The fraction of sp³-hybridized carbons (Fsp3) is 1.00. The molecule has 0 aromatic heterocycles. The van der Waals surface area contributed by atoms with Crippen LogP contribution in [0.4, 0.5) is 0 Å². The highest BCUT2D eigenvalue weighted by molar-refractivity contribution is 5.85. The summed E-state index contributed by atoms with van der Waals surface area (Å²) < 4.78 is 0. The number of nitrogens with two attached hydrogens (primary N) is 1. The van der Waals surface area contributed by atoms with E-state index in [1.54, 1.807) is 0 Å². The molecule has 1 heterocycles. The molecular weight excluding hydrogens is 219 g/mol. The van der Waals surface area contributed by atoms with Crippen molar-refractivity contribution in [2.24, 2.45) is 11.1 Å². The first-order chi connectivity index (χ1) is 5.50. The van der Waals surface area contributed by atoms with Crippen molar-refractivity contribution in [3.05, 3.63) is 0 Å². The summed E-state index contributed by atoms with van der Waals surface area (Å²) in [6, 6.07) is 0.315. The highest BCUT2D eigenvalue weighted by atomic mass is 35.5. The average molecular weight is 243 g/mol. The van der Waals surface area contributed by atoms with Gasteiger partial charge >= 0.3 is 0 Å². The zero-order valence-corrected chi connectivity index (χ0v) is 11.1. The summed E-state index contributed by atoms with van der Waals surface area (Å²) in [5.41, 5.74) is 6.34. The predicted octanol–water partition coefficient (Wildman–Crippen LogP) is 2.30. The molecule has 0 amide bonds. The SMILES string of the molecule is CC(C)(C)C(N)CN1CCCC1.Cl.Cl. The van der Waals surface area contributed by atoms with Crippen LogP contribution in [0.25, 0.3) is 0 Å². The van der Waals surface area contributed by atoms with Crippen molar-refractivity contribution in [2.75, 3.05) is 19.6 Å². The quantitative estimate of drug-likeness (QED) is 0.806. The van der Waals surface area contributed by atoms with Gasteiger partial charge in [-0.05, 0) is 31.3 Å². The van der Waals surface area contributed by atoms with Crippen LogP contribution in [0.5, 0.6) is 0 Å². The van der Waals surface area contributed by atoms with Crippen LogP contribution >= 0.6 is 24.8 Å². The Morgan fingerprint density at radius 2 is 1.57 bits per heavy atom. The van der Waals surface area contributed by atoms with Crippen molar-refractivity contribution in [3.63, 3.8) is 0 Å². The summed E-state index contributed by atoms with van der Waals surface area (Å²) in [6.07, 6.45) is 2.72. The second kappa shape index (κ2) is 6.89. The second-order valence-electron chi connectivity index (χ2n) is 4.98. The van der Waals surface area contributed by atoms with E-state index in [0.717, 1.165) is 6.54 Å². The smallest absolute Gasteiger partial charge is 0.0217 e. The van der Waals surface area contributed by atoms with Gasteiger partial charge in [0.1, 0.15) is 0 Å². The van der Waals surface area contributed by atoms with Crippen molar-refractivity contribution < 1.29 is 0 Å². The molecule has 0 spiro atoms. The minimum absolute atomic E-state index is 0. The third kappa shape index (κ3) is 5.40. The Morgan fingerprint density at radius 3 is 1.93 bits per heavy atom. The number of hydrogen-bond acceptors (Lipinski definition) is 2. The molecule has 1 atom stereocenters. The van der Waals surface area contributed by atoms with Gasteiger partial charge in [-0.3, -0.25) is 0 Å². The lowest BCUT2D eigenvalue weighted by atomic mass is 9.87. The van der Waals surface area contributed by atoms with Gasteiger partial charge in [0.2, 0.25) is 0 Å². The topological polar surface area (TPSA) is 29.3 Å². The van der Waals surface area contributed by atoms with Gasteiger partial charge in [0, 0.05) is 12.6 Å². The molecule has 1 unspecified atom stereocenters. The molecule has 1 aliphatic heterocycles. The highest BCUT2D eigenvalue weighted by Crippen LogP contribution is 2.19. The van der Waals surface area contributed by atoms with Crippen LogP contribution < -0.4 is 5.73 Å². The third-order valence-electron chi connectivity index (χ3n) is 2.77. The minimum Gasteiger partial charge on any atom is -0.326 e. The minimum atomic E-state index is 0. The molecule has 1 rings (SSSR count). The van der Waals surface area contributed by atoms with Crippen molar-refractivity contribution in [1.29, 1.82) is 0 Å². The first kappa shape index (κ1) is 16.9. The van der Waals surface area contributed by atoms with Crippen LogP contribution in [0.1, 0.15) is 33.6 Å². The Hall–Kier alpha value is 0.500. The first-order valence-corrected chi connectivity index (χ1v) is 4.98. The molecule has 1 aliphatic rings. The lowest BCUT2D eigenvalue weighted by Gasteiger charge is -2.30. The molecule has 1 saturated heterocycles. The third-order valence-corrected chi connectivity index (χ3v) is 2.77. The molecule has 1 fully saturated rings. The molecular formula is C10H24Cl2N2. The van der Waals surface area contributed by atoms with Gasteiger partial charge in [0.15, 0.2) is 0 Å². The molecule has 2 N–H and O–H groups in total. The lowest BCUT2D eigenvalue weighted by molar-refractivity contribution is 0.227. The van der Waals surface area contributed by atoms with Gasteiger partial charge in [-0.1, -0.05) is 20.8 Å². The zero-order valence-electron chi connectivity index (χ0n) is 9.45. The number of rotatable bonds is 2. The van der Waals surface area contributed by atoms with Crippen LogP contribution in [-0.2, 0) is 0 Å². The molecule has 0 bridgehead atoms. The van der Waals surface area contributed by atoms with E-state index in [2.05, 4.69) is 25.7 Å². The average Bonchev–Trinajstić information content (AvgIpc) is 2.37. The standard InChI is InChI=1S/C10H22N2.2ClH/c1-10(2,3)9(11)8-12-6-4-5-7-12;;/h9H,4-8,11H2,1-3H3;2*1H. The Bertz CT molecular complexity index is 140. The van der Waals surface area contributed by atoms with E-state index in [1.165, 1.54) is 25.9 Å². The van der Waals surface area contributed by atoms with E-state index in [0.29, 0.717) is 6.04 Å². The molecule has 0 aliphatic carbocycles. The first-order valence-electron chi connectivity index (χ1n) is 4.98. The molecule has 0 aromatic rings. The van der Waals surface area contributed by atoms with E-state index in [9.17, 15) is 0 Å². The summed E-state index contributed by atoms with van der Waals surface area (Å²) in [5, 5.41) is 0. The summed E-state index contributed by atoms with van der Waals surface area (Å²) in [5.74, 6) is 0. The van der Waals surface area contributed by atoms with Crippen molar-refractivity contribution in [1.82, 2.24) is 4.90 Å². The summed E-state index contributed by atoms with van der Waals surface area (Å²) in [6.45, 7) is 10.2. The fourth-order valence-electron chi connectivity index (χ4n) is 1.52. The van der Waals surface area contributed by atoms with Crippen molar-refractivity contribution in [3.8, 4) is 0 Å². The lowest BCUT2D eigenvalue weighted by Crippen LogP contribution is -2.44. The van der Waals surface area contributed by atoms with Gasteiger partial charge in [0.25, 0.3) is 0 Å². The number of likely N-dealkylation sites (tertiary alicyclic amines) is 1. The largest absolute Gasteiger partial charge is 0.326 e. The number of halogens is 2. The molecule has 0 saturated carbocycles. The van der Waals surface area contributed by atoms with Crippen LogP contribution in [0.15, 0.2) is 0 Å². The monoisotopic (exact) mass is 242 g/mol. The normalized spacial score (nSPS) is 19.7. The Balaban J connectivity index is 0. The molecule has 88 valence electrons. The van der Waals surface area contributed by atoms with E-state index >= 15 is 0 Å². The van der Waals surface area contributed by atoms with Crippen LogP contribution in [0.2, 0.25) is 0 Å². The van der Waals surface area contributed by atoms with Gasteiger partial charge in [-0.15, -0.1) is 24.8 Å².